The van der Waals surface area contributed by atoms with E-state index >= 15 is 0 Å². The Morgan fingerprint density at radius 1 is 1.10 bits per heavy atom. The quantitative estimate of drug-likeness (QED) is 0.363. The molecule has 2 heterocycles. The first-order valence-corrected chi connectivity index (χ1v) is 9.57. The third-order valence-corrected chi connectivity index (χ3v) is 5.05. The minimum Gasteiger partial charge on any atom is -0.442 e. The van der Waals surface area contributed by atoms with Gasteiger partial charge >= 0.3 is 18.3 Å². The Morgan fingerprint density at radius 2 is 1.73 bits per heavy atom. The largest absolute Gasteiger partial charge is 0.442 e. The zero-order valence-electron chi connectivity index (χ0n) is 15.7. The van der Waals surface area contributed by atoms with Crippen LogP contribution in [0.1, 0.15) is 13.8 Å². The maximum atomic E-state index is 12.7. The topological polar surface area (TPSA) is 44.1 Å². The number of carbonyl (C=O) groups is 1. The molecule has 0 bridgehead atoms. The summed E-state index contributed by atoms with van der Waals surface area (Å²) in [4.78, 5) is 12.3. The average Bonchev–Trinajstić information content (AvgIpc) is 3.25. The molecule has 0 radical (unpaired) electrons. The summed E-state index contributed by atoms with van der Waals surface area (Å²) in [6.07, 6.45) is -15.7. The number of para-hydroxylation sites is 1. The molecule has 0 amide bonds. The Kier molecular flexibility index (Phi) is 5.61. The van der Waals surface area contributed by atoms with E-state index in [2.05, 4.69) is 9.84 Å². The molecule has 4 nitrogen and oxygen atoms in total. The second-order valence-corrected chi connectivity index (χ2v) is 8.07. The Morgan fingerprint density at radius 3 is 2.30 bits per heavy atom. The third-order valence-electron chi connectivity index (χ3n) is 4.37. The van der Waals surface area contributed by atoms with Gasteiger partial charge in [-0.25, -0.2) is 0 Å². The molecule has 0 fully saturated rings. The first-order valence-electron chi connectivity index (χ1n) is 8.63. The smallest absolute Gasteiger partial charge is 0.434 e. The number of benzene rings is 1. The lowest BCUT2D eigenvalue weighted by Crippen LogP contribution is -2.48. The van der Waals surface area contributed by atoms with Gasteiger partial charge in [-0.05, 0) is 31.4 Å². The van der Waals surface area contributed by atoms with Crippen molar-refractivity contribution in [2.45, 2.75) is 38.8 Å². The van der Waals surface area contributed by atoms with Gasteiger partial charge in [0.1, 0.15) is 5.69 Å². The second-order valence-electron chi connectivity index (χ2n) is 7.29. The van der Waals surface area contributed by atoms with E-state index in [4.69, 9.17) is 0 Å². The molecule has 0 atom stereocenters. The Balaban J connectivity index is 1.92. The fourth-order valence-corrected chi connectivity index (χ4v) is 3.53. The van der Waals surface area contributed by atoms with E-state index in [-0.39, 0.29) is 6.54 Å². The van der Waals surface area contributed by atoms with Gasteiger partial charge in [-0.1, -0.05) is 18.2 Å². The number of alkyl halides is 6. The fourth-order valence-electron chi connectivity index (χ4n) is 2.89. The summed E-state index contributed by atoms with van der Waals surface area (Å²) >= 11 is 1.45. The molecule has 3 aromatic rings. The SMILES string of the molecule is CC(C)(Cn1nc(-c2ccsc2)c2ccccc21)C(=O)OC(C(F)(F)F)C(F)(F)F. The van der Waals surface area contributed by atoms with E-state index in [1.54, 1.807) is 24.3 Å². The van der Waals surface area contributed by atoms with Crippen LogP contribution in [0.2, 0.25) is 0 Å². The molecule has 0 spiro atoms. The van der Waals surface area contributed by atoms with Crippen molar-refractivity contribution in [2.24, 2.45) is 5.41 Å². The number of carbonyl (C=O) groups excluding carboxylic acids is 1. The molecule has 0 aliphatic heterocycles. The summed E-state index contributed by atoms with van der Waals surface area (Å²) in [5, 5.41) is 8.89. The van der Waals surface area contributed by atoms with E-state index in [0.29, 0.717) is 11.2 Å². The van der Waals surface area contributed by atoms with Gasteiger partial charge in [-0.3, -0.25) is 9.48 Å². The summed E-state index contributed by atoms with van der Waals surface area (Å²) in [6.45, 7) is 2.14. The number of hydrogen-bond donors (Lipinski definition) is 0. The molecule has 0 unspecified atom stereocenters. The van der Waals surface area contributed by atoms with Crippen LogP contribution in [0.15, 0.2) is 41.1 Å². The average molecular weight is 450 g/mol. The number of nitrogens with zero attached hydrogens (tertiary/aromatic N) is 2. The van der Waals surface area contributed by atoms with E-state index in [1.165, 1.54) is 29.9 Å². The molecule has 30 heavy (non-hydrogen) atoms. The van der Waals surface area contributed by atoms with Crippen LogP contribution in [0.5, 0.6) is 0 Å². The predicted molar refractivity (Wildman–Crippen MR) is 98.8 cm³/mol. The van der Waals surface area contributed by atoms with Gasteiger partial charge in [0.2, 0.25) is 0 Å². The number of halogens is 6. The van der Waals surface area contributed by atoms with Gasteiger partial charge in [0, 0.05) is 16.3 Å². The number of aromatic nitrogens is 2. The summed E-state index contributed by atoms with van der Waals surface area (Å²) in [5.74, 6) is -1.63. The van der Waals surface area contributed by atoms with Crippen molar-refractivity contribution >= 4 is 28.2 Å². The lowest BCUT2D eigenvalue weighted by Gasteiger charge is -2.28. The van der Waals surface area contributed by atoms with Crippen LogP contribution in [0.25, 0.3) is 22.2 Å². The molecule has 162 valence electrons. The van der Waals surface area contributed by atoms with Crippen LogP contribution < -0.4 is 0 Å². The van der Waals surface area contributed by atoms with Gasteiger partial charge < -0.3 is 4.74 Å². The number of ether oxygens (including phenoxy) is 1. The normalized spacial score (nSPS) is 13.2. The number of esters is 1. The Labute approximate surface area is 171 Å². The van der Waals surface area contributed by atoms with Gasteiger partial charge in [-0.15, -0.1) is 0 Å². The van der Waals surface area contributed by atoms with Gasteiger partial charge in [0.15, 0.2) is 0 Å². The minimum atomic E-state index is -5.77. The zero-order valence-corrected chi connectivity index (χ0v) is 16.5. The third kappa shape index (κ3) is 4.45. The highest BCUT2D eigenvalue weighted by Gasteiger charge is 2.60. The fraction of sp³-hybridized carbons (Fsp3) is 0.368. The molecular formula is C19H16F6N2O2S. The van der Waals surface area contributed by atoms with E-state index in [1.807, 2.05) is 16.8 Å². The van der Waals surface area contributed by atoms with Gasteiger partial charge in [0.25, 0.3) is 6.10 Å². The molecule has 0 N–H and O–H groups in total. The van der Waals surface area contributed by atoms with Crippen molar-refractivity contribution < 1.29 is 35.9 Å². The number of hydrogen-bond acceptors (Lipinski definition) is 4. The minimum absolute atomic E-state index is 0.279. The van der Waals surface area contributed by atoms with Crippen molar-refractivity contribution in [3.63, 3.8) is 0 Å². The zero-order chi connectivity index (χ0) is 22.3. The summed E-state index contributed by atoms with van der Waals surface area (Å²) in [5.41, 5.74) is 0.280. The standard InChI is InChI=1S/C19H16F6N2O2S/c1-17(2,16(28)29-15(18(20,21)22)19(23,24)25)10-27-13-6-4-3-5-12(13)14(26-27)11-7-8-30-9-11/h3-9,15H,10H2,1-2H3. The van der Waals surface area contributed by atoms with Crippen molar-refractivity contribution in [1.29, 1.82) is 0 Å². The number of thiophene rings is 1. The van der Waals surface area contributed by atoms with Crippen LogP contribution in [-0.4, -0.2) is 34.2 Å². The number of fused-ring (bicyclic) bond motifs is 1. The van der Waals surface area contributed by atoms with Crippen LogP contribution >= 0.6 is 11.3 Å². The Hall–Kier alpha value is -2.56. The highest BCUT2D eigenvalue weighted by Crippen LogP contribution is 2.38. The predicted octanol–water partition coefficient (Wildman–Crippen LogP) is 5.83. The lowest BCUT2D eigenvalue weighted by atomic mass is 9.93. The maximum absolute atomic E-state index is 12.7. The monoisotopic (exact) mass is 450 g/mol. The summed E-state index contributed by atoms with van der Waals surface area (Å²) in [6, 6.07) is 8.82. The first-order chi connectivity index (χ1) is 13.8. The highest BCUT2D eigenvalue weighted by atomic mass is 32.1. The summed E-state index contributed by atoms with van der Waals surface area (Å²) < 4.78 is 81.7. The van der Waals surface area contributed by atoms with Gasteiger partial charge in [0.05, 0.1) is 17.5 Å². The Bertz CT molecular complexity index is 1020. The maximum Gasteiger partial charge on any atom is 0.434 e. The van der Waals surface area contributed by atoms with Crippen LogP contribution in [-0.2, 0) is 16.1 Å². The molecule has 1 aromatic carbocycles. The van der Waals surface area contributed by atoms with Crippen molar-refractivity contribution in [1.82, 2.24) is 9.78 Å². The van der Waals surface area contributed by atoms with E-state index in [9.17, 15) is 31.1 Å². The molecule has 2 aromatic heterocycles. The molecular weight excluding hydrogens is 434 g/mol. The molecule has 0 saturated carbocycles. The van der Waals surface area contributed by atoms with Crippen LogP contribution in [0, 0.1) is 5.41 Å². The number of rotatable bonds is 5. The first kappa shape index (κ1) is 22.1. The van der Waals surface area contributed by atoms with Crippen molar-refractivity contribution in [3.05, 3.63) is 41.1 Å². The van der Waals surface area contributed by atoms with Crippen molar-refractivity contribution in [2.75, 3.05) is 0 Å². The molecule has 0 aliphatic carbocycles. The molecule has 3 rings (SSSR count). The lowest BCUT2D eigenvalue weighted by molar-refractivity contribution is -0.315. The molecule has 11 heteroatoms. The van der Waals surface area contributed by atoms with Gasteiger partial charge in [-0.2, -0.15) is 42.8 Å². The van der Waals surface area contributed by atoms with E-state index < -0.39 is 29.8 Å². The van der Waals surface area contributed by atoms with Crippen molar-refractivity contribution in [3.8, 4) is 11.3 Å². The van der Waals surface area contributed by atoms with E-state index in [0.717, 1.165) is 10.9 Å². The molecule has 0 aliphatic rings. The second kappa shape index (κ2) is 7.60. The molecule has 0 saturated heterocycles. The highest BCUT2D eigenvalue weighted by molar-refractivity contribution is 7.08. The van der Waals surface area contributed by atoms with Crippen LogP contribution in [0.3, 0.4) is 0 Å². The summed E-state index contributed by atoms with van der Waals surface area (Å²) in [7, 11) is 0. The van der Waals surface area contributed by atoms with Crippen LogP contribution in [0.4, 0.5) is 26.3 Å².